The normalized spacial score (nSPS) is 10.9. The summed E-state index contributed by atoms with van der Waals surface area (Å²) in [5, 5.41) is 0. The molecule has 0 N–H and O–H groups in total. The molecule has 1 aromatic rings. The lowest BCUT2D eigenvalue weighted by atomic mass is 10.1. The number of hydrogen-bond donors (Lipinski definition) is 0. The lowest BCUT2D eigenvalue weighted by molar-refractivity contribution is 1.25. The van der Waals surface area contributed by atoms with E-state index in [-0.39, 0.29) is 0 Å². The Morgan fingerprint density at radius 2 is 2.18 bits per heavy atom. The third kappa shape index (κ3) is 3.68. The topological polar surface area (TPSA) is 25.2 Å². The molecule has 0 saturated heterocycles. The molecule has 1 aromatic heterocycles. The predicted molar refractivity (Wildman–Crippen MR) is 75.8 cm³/mol. The van der Waals surface area contributed by atoms with Crippen LogP contribution in [0.1, 0.15) is 18.2 Å². The van der Waals surface area contributed by atoms with Crippen molar-refractivity contribution in [2.75, 3.05) is 0 Å². The fraction of sp³-hybridized carbons (Fsp3) is 0.0667. The van der Waals surface area contributed by atoms with Gasteiger partial charge in [-0.2, -0.15) is 0 Å². The van der Waals surface area contributed by atoms with Crippen molar-refractivity contribution < 1.29 is 0 Å². The van der Waals surface area contributed by atoms with Gasteiger partial charge in [-0.05, 0) is 18.6 Å². The minimum atomic E-state index is 0.650. The molecule has 0 aromatic carbocycles. The largest absolute Gasteiger partial charge is 0.260 e. The maximum Gasteiger partial charge on any atom is 0.0952 e. The molecule has 0 bridgehead atoms. The van der Waals surface area contributed by atoms with E-state index >= 15 is 0 Å². The standard InChI is InChI=1S/C15H16N2/c1-5-12(3)9-10-14-8-7-11-17-15(14)13(4)16-6-2/h5-11H,1,3-4H2,2H3/b10-9-,16-6?. The van der Waals surface area contributed by atoms with E-state index < -0.39 is 0 Å². The van der Waals surface area contributed by atoms with Crippen LogP contribution in [0.4, 0.5) is 0 Å². The Morgan fingerprint density at radius 3 is 2.82 bits per heavy atom. The second kappa shape index (κ2) is 6.38. The first-order chi connectivity index (χ1) is 8.19. The van der Waals surface area contributed by atoms with Gasteiger partial charge in [0.2, 0.25) is 0 Å². The van der Waals surface area contributed by atoms with E-state index in [1.807, 2.05) is 31.2 Å². The van der Waals surface area contributed by atoms with Gasteiger partial charge in [-0.1, -0.05) is 44.0 Å². The summed E-state index contributed by atoms with van der Waals surface area (Å²) in [6, 6.07) is 3.84. The Balaban J connectivity index is 3.08. The molecule has 0 unspecified atom stereocenters. The number of nitrogens with zero attached hydrogens (tertiary/aromatic N) is 2. The van der Waals surface area contributed by atoms with Crippen molar-refractivity contribution in [3.63, 3.8) is 0 Å². The Hall–Kier alpha value is -2.22. The molecule has 0 aliphatic rings. The maximum atomic E-state index is 4.28. The molecule has 2 nitrogen and oxygen atoms in total. The summed E-state index contributed by atoms with van der Waals surface area (Å²) in [6.45, 7) is 13.2. The molecule has 17 heavy (non-hydrogen) atoms. The molecule has 0 atom stereocenters. The van der Waals surface area contributed by atoms with Crippen molar-refractivity contribution in [2.45, 2.75) is 6.92 Å². The summed E-state index contributed by atoms with van der Waals surface area (Å²) >= 11 is 0. The van der Waals surface area contributed by atoms with Gasteiger partial charge >= 0.3 is 0 Å². The average molecular weight is 224 g/mol. The quantitative estimate of drug-likeness (QED) is 0.550. The Bertz CT molecular complexity index is 493. The number of rotatable bonds is 5. The average Bonchev–Trinajstić information content (AvgIpc) is 2.36. The molecule has 0 spiro atoms. The van der Waals surface area contributed by atoms with Crippen LogP contribution in [-0.2, 0) is 0 Å². The Kier molecular flexibility index (Phi) is 4.82. The van der Waals surface area contributed by atoms with Gasteiger partial charge in [-0.3, -0.25) is 9.98 Å². The third-order valence-electron chi connectivity index (χ3n) is 2.14. The van der Waals surface area contributed by atoms with E-state index in [0.29, 0.717) is 5.70 Å². The summed E-state index contributed by atoms with van der Waals surface area (Å²) in [7, 11) is 0. The van der Waals surface area contributed by atoms with E-state index in [1.54, 1.807) is 18.5 Å². The highest BCUT2D eigenvalue weighted by molar-refractivity contribution is 5.75. The van der Waals surface area contributed by atoms with E-state index in [9.17, 15) is 0 Å². The summed E-state index contributed by atoms with van der Waals surface area (Å²) in [5.74, 6) is 0. The molecule has 1 heterocycles. The van der Waals surface area contributed by atoms with Gasteiger partial charge in [0.25, 0.3) is 0 Å². The summed E-state index contributed by atoms with van der Waals surface area (Å²) in [4.78, 5) is 8.43. The summed E-state index contributed by atoms with van der Waals surface area (Å²) < 4.78 is 0. The third-order valence-corrected chi connectivity index (χ3v) is 2.14. The number of hydrogen-bond acceptors (Lipinski definition) is 2. The lowest BCUT2D eigenvalue weighted by Gasteiger charge is -2.03. The lowest BCUT2D eigenvalue weighted by Crippen LogP contribution is -1.90. The highest BCUT2D eigenvalue weighted by Crippen LogP contribution is 2.17. The molecule has 0 fully saturated rings. The van der Waals surface area contributed by atoms with Gasteiger partial charge in [0, 0.05) is 18.0 Å². The van der Waals surface area contributed by atoms with Crippen LogP contribution in [-0.4, -0.2) is 11.2 Å². The van der Waals surface area contributed by atoms with Crippen molar-refractivity contribution in [1.82, 2.24) is 4.98 Å². The zero-order chi connectivity index (χ0) is 12.7. The zero-order valence-corrected chi connectivity index (χ0v) is 10.1. The van der Waals surface area contributed by atoms with Crippen molar-refractivity contribution in [2.24, 2.45) is 4.99 Å². The first-order valence-electron chi connectivity index (χ1n) is 5.31. The fourth-order valence-electron chi connectivity index (χ4n) is 1.28. The molecular weight excluding hydrogens is 208 g/mol. The zero-order valence-electron chi connectivity index (χ0n) is 10.1. The Labute approximate surface area is 102 Å². The minimum Gasteiger partial charge on any atom is -0.260 e. The highest BCUT2D eigenvalue weighted by atomic mass is 14.8. The van der Waals surface area contributed by atoms with Crippen LogP contribution in [0, 0.1) is 0 Å². The minimum absolute atomic E-state index is 0.650. The van der Waals surface area contributed by atoms with Crippen LogP contribution >= 0.6 is 0 Å². The molecule has 0 aliphatic heterocycles. The number of pyridine rings is 1. The van der Waals surface area contributed by atoms with Gasteiger partial charge in [-0.25, -0.2) is 0 Å². The van der Waals surface area contributed by atoms with E-state index in [1.165, 1.54) is 0 Å². The molecule has 2 heteroatoms. The fourth-order valence-corrected chi connectivity index (χ4v) is 1.28. The van der Waals surface area contributed by atoms with Crippen molar-refractivity contribution in [1.29, 1.82) is 0 Å². The second-order valence-corrected chi connectivity index (χ2v) is 3.39. The number of aromatic nitrogens is 1. The van der Waals surface area contributed by atoms with Crippen LogP contribution in [0.2, 0.25) is 0 Å². The number of allylic oxidation sites excluding steroid dienone is 3. The highest BCUT2D eigenvalue weighted by Gasteiger charge is 2.02. The van der Waals surface area contributed by atoms with Crippen LogP contribution in [0.3, 0.4) is 0 Å². The molecule has 86 valence electrons. The molecule has 0 aliphatic carbocycles. The molecule has 0 radical (unpaired) electrons. The SMILES string of the molecule is C=CC(=C)/C=C\c1cccnc1C(=C)N=CC. The van der Waals surface area contributed by atoms with Gasteiger partial charge in [0.1, 0.15) is 0 Å². The molecule has 0 saturated carbocycles. The molecular formula is C15H16N2. The van der Waals surface area contributed by atoms with Gasteiger partial charge < -0.3 is 0 Å². The van der Waals surface area contributed by atoms with Gasteiger partial charge in [0.05, 0.1) is 11.4 Å². The van der Waals surface area contributed by atoms with Crippen LogP contribution in [0.5, 0.6) is 0 Å². The van der Waals surface area contributed by atoms with Crippen LogP contribution in [0.15, 0.2) is 60.8 Å². The van der Waals surface area contributed by atoms with Gasteiger partial charge in [-0.15, -0.1) is 0 Å². The van der Waals surface area contributed by atoms with E-state index in [4.69, 9.17) is 0 Å². The monoisotopic (exact) mass is 224 g/mol. The Morgan fingerprint density at radius 1 is 1.41 bits per heavy atom. The summed E-state index contributed by atoms with van der Waals surface area (Å²) in [6.07, 6.45) is 8.95. The van der Waals surface area contributed by atoms with Crippen LogP contribution in [0.25, 0.3) is 11.8 Å². The smallest absolute Gasteiger partial charge is 0.0952 e. The predicted octanol–water partition coefficient (Wildman–Crippen LogP) is 3.90. The summed E-state index contributed by atoms with van der Waals surface area (Å²) in [5.41, 5.74) is 3.24. The van der Waals surface area contributed by atoms with Crippen molar-refractivity contribution in [3.05, 3.63) is 67.0 Å². The maximum absolute atomic E-state index is 4.28. The van der Waals surface area contributed by atoms with Gasteiger partial charge in [0.15, 0.2) is 0 Å². The number of aliphatic imine (C=N–C) groups is 1. The van der Waals surface area contributed by atoms with E-state index in [2.05, 4.69) is 29.7 Å². The molecule has 0 amide bonds. The first-order valence-corrected chi connectivity index (χ1v) is 5.31. The first kappa shape index (κ1) is 12.8. The second-order valence-electron chi connectivity index (χ2n) is 3.39. The van der Waals surface area contributed by atoms with Crippen molar-refractivity contribution in [3.8, 4) is 0 Å². The molecule has 1 rings (SSSR count). The van der Waals surface area contributed by atoms with Crippen LogP contribution < -0.4 is 0 Å². The van der Waals surface area contributed by atoms with Crippen molar-refractivity contribution >= 4 is 18.0 Å². The van der Waals surface area contributed by atoms with E-state index in [0.717, 1.165) is 16.8 Å².